The number of aromatic nitrogens is 1. The quantitative estimate of drug-likeness (QED) is 0.199. The average Bonchev–Trinajstić information content (AvgIpc) is 2.86. The maximum absolute atomic E-state index is 13.1. The molecule has 1 aromatic heterocycles. The predicted molar refractivity (Wildman–Crippen MR) is 132 cm³/mol. The molecule has 0 aliphatic heterocycles. The summed E-state index contributed by atoms with van der Waals surface area (Å²) >= 11 is 0. The van der Waals surface area contributed by atoms with Gasteiger partial charge in [0, 0.05) is 32.2 Å². The van der Waals surface area contributed by atoms with Crippen LogP contribution in [0.5, 0.6) is 17.2 Å². The van der Waals surface area contributed by atoms with Gasteiger partial charge < -0.3 is 23.7 Å². The van der Waals surface area contributed by atoms with Crippen LogP contribution in [0, 0.1) is 5.92 Å². The summed E-state index contributed by atoms with van der Waals surface area (Å²) in [7, 11) is 1.39. The Balaban J connectivity index is 2.12. The Morgan fingerprint density at radius 3 is 2.39 bits per heavy atom. The molecule has 9 nitrogen and oxygen atoms in total. The van der Waals surface area contributed by atoms with Gasteiger partial charge in [-0.15, -0.1) is 0 Å². The molecule has 0 radical (unpaired) electrons. The number of carbonyl (C=O) groups is 3. The fourth-order valence-electron chi connectivity index (χ4n) is 3.39. The summed E-state index contributed by atoms with van der Waals surface area (Å²) in [5.74, 6) is -1.59. The molecule has 0 aliphatic rings. The Labute approximate surface area is 212 Å². The molecule has 0 spiro atoms. The lowest BCUT2D eigenvalue weighted by Crippen LogP contribution is -2.39. The maximum atomic E-state index is 13.1. The van der Waals surface area contributed by atoms with Crippen molar-refractivity contribution in [1.82, 2.24) is 4.98 Å². The molecule has 36 heavy (non-hydrogen) atoms. The molecule has 0 amide bonds. The standard InChI is InChI=1S/C27H35NO8/c1-6-15-33-17-24(36-21-11-9-8-10-12-21)18(3)34-27(31)20(7-2)16-22(30)25-26(35-19(4)29)23(32-5)13-14-28-25/h8-14,18,20,24H,6-7,15-17H2,1-5H3/t18-,20+,24+/m0/s1. The topological polar surface area (TPSA) is 110 Å². The smallest absolute Gasteiger partial charge is 0.309 e. The van der Waals surface area contributed by atoms with Crippen molar-refractivity contribution < 1.29 is 38.1 Å². The zero-order valence-corrected chi connectivity index (χ0v) is 21.5. The number of hydrogen-bond acceptors (Lipinski definition) is 9. The number of ketones is 1. The summed E-state index contributed by atoms with van der Waals surface area (Å²) in [6.45, 7) is 7.54. The van der Waals surface area contributed by atoms with Crippen LogP contribution in [0.1, 0.15) is 57.4 Å². The number of benzene rings is 1. The van der Waals surface area contributed by atoms with E-state index in [9.17, 15) is 14.4 Å². The van der Waals surface area contributed by atoms with Gasteiger partial charge >= 0.3 is 11.9 Å². The zero-order chi connectivity index (χ0) is 26.5. The number of hydrogen-bond donors (Lipinski definition) is 0. The van der Waals surface area contributed by atoms with Crippen molar-refractivity contribution in [3.05, 3.63) is 48.3 Å². The summed E-state index contributed by atoms with van der Waals surface area (Å²) < 4.78 is 27.8. The second-order valence-electron chi connectivity index (χ2n) is 8.20. The number of ether oxygens (including phenoxy) is 5. The molecule has 0 unspecified atom stereocenters. The first-order valence-corrected chi connectivity index (χ1v) is 12.0. The SMILES string of the molecule is CCCOC[C@@H](Oc1ccccc1)[C@H](C)OC(=O)[C@H](CC)CC(=O)c1nccc(OC)c1OC(C)=O. The highest BCUT2D eigenvalue weighted by atomic mass is 16.6. The molecule has 0 saturated carbocycles. The van der Waals surface area contributed by atoms with Crippen molar-refractivity contribution in [2.45, 2.75) is 59.2 Å². The molecule has 2 aromatic rings. The molecule has 0 N–H and O–H groups in total. The Morgan fingerprint density at radius 1 is 1.06 bits per heavy atom. The summed E-state index contributed by atoms with van der Waals surface area (Å²) in [4.78, 5) is 41.7. The molecule has 1 aromatic carbocycles. The van der Waals surface area contributed by atoms with Crippen LogP contribution in [0.3, 0.4) is 0 Å². The number of rotatable bonds is 15. The Morgan fingerprint density at radius 2 is 1.78 bits per heavy atom. The largest absolute Gasteiger partial charge is 0.493 e. The van der Waals surface area contributed by atoms with Gasteiger partial charge in [-0.05, 0) is 31.9 Å². The van der Waals surface area contributed by atoms with Crippen molar-refractivity contribution >= 4 is 17.7 Å². The number of para-hydroxylation sites is 1. The fraction of sp³-hybridized carbons (Fsp3) is 0.481. The average molecular weight is 502 g/mol. The molecule has 9 heteroatoms. The number of carbonyl (C=O) groups excluding carboxylic acids is 3. The first-order chi connectivity index (χ1) is 17.3. The van der Waals surface area contributed by atoms with Gasteiger partial charge in [0.1, 0.15) is 11.9 Å². The molecule has 3 atom stereocenters. The number of methoxy groups -OCH3 is 1. The second kappa shape index (κ2) is 14.8. The van der Waals surface area contributed by atoms with Crippen LogP contribution in [-0.2, 0) is 19.1 Å². The van der Waals surface area contributed by atoms with Gasteiger partial charge in [0.05, 0.1) is 19.6 Å². The minimum absolute atomic E-state index is 0.0708. The van der Waals surface area contributed by atoms with Gasteiger partial charge in [0.2, 0.25) is 5.75 Å². The third kappa shape index (κ3) is 8.64. The van der Waals surface area contributed by atoms with E-state index >= 15 is 0 Å². The van der Waals surface area contributed by atoms with E-state index in [-0.39, 0.29) is 30.2 Å². The number of esters is 2. The van der Waals surface area contributed by atoms with E-state index in [1.807, 2.05) is 37.3 Å². The molecule has 196 valence electrons. The fourth-order valence-corrected chi connectivity index (χ4v) is 3.39. The number of Topliss-reactive ketones (excluding diaryl/α,β-unsaturated/α-hetero) is 1. The first-order valence-electron chi connectivity index (χ1n) is 12.0. The van der Waals surface area contributed by atoms with E-state index < -0.39 is 35.8 Å². The summed E-state index contributed by atoms with van der Waals surface area (Å²) in [6.07, 6.45) is 1.24. The lowest BCUT2D eigenvalue weighted by molar-refractivity contribution is -0.159. The third-order valence-electron chi connectivity index (χ3n) is 5.34. The number of pyridine rings is 1. The molecule has 1 heterocycles. The molecular formula is C27H35NO8. The summed E-state index contributed by atoms with van der Waals surface area (Å²) in [6, 6.07) is 10.7. The zero-order valence-electron chi connectivity index (χ0n) is 21.5. The van der Waals surface area contributed by atoms with E-state index in [4.69, 9.17) is 23.7 Å². The summed E-state index contributed by atoms with van der Waals surface area (Å²) in [5.41, 5.74) is -0.0814. The molecular weight excluding hydrogens is 466 g/mol. The molecule has 0 fully saturated rings. The molecule has 0 saturated heterocycles. The van der Waals surface area contributed by atoms with Crippen molar-refractivity contribution in [3.8, 4) is 17.2 Å². The van der Waals surface area contributed by atoms with E-state index in [0.29, 0.717) is 18.8 Å². The van der Waals surface area contributed by atoms with Crippen molar-refractivity contribution in [2.24, 2.45) is 5.92 Å². The highest BCUT2D eigenvalue weighted by molar-refractivity contribution is 6.00. The van der Waals surface area contributed by atoms with Crippen LogP contribution in [0.15, 0.2) is 42.6 Å². The second-order valence-corrected chi connectivity index (χ2v) is 8.20. The van der Waals surface area contributed by atoms with Crippen LogP contribution in [0.25, 0.3) is 0 Å². The molecule has 0 bridgehead atoms. The van der Waals surface area contributed by atoms with Crippen LogP contribution >= 0.6 is 0 Å². The van der Waals surface area contributed by atoms with Crippen molar-refractivity contribution in [2.75, 3.05) is 20.3 Å². The van der Waals surface area contributed by atoms with Crippen LogP contribution in [0.4, 0.5) is 0 Å². The van der Waals surface area contributed by atoms with Crippen LogP contribution < -0.4 is 14.2 Å². The molecule has 2 rings (SSSR count). The van der Waals surface area contributed by atoms with Crippen molar-refractivity contribution in [3.63, 3.8) is 0 Å². The van der Waals surface area contributed by atoms with Gasteiger partial charge in [-0.25, -0.2) is 4.98 Å². The third-order valence-corrected chi connectivity index (χ3v) is 5.34. The van der Waals surface area contributed by atoms with Gasteiger partial charge in [-0.2, -0.15) is 0 Å². The van der Waals surface area contributed by atoms with Gasteiger partial charge in [-0.1, -0.05) is 32.0 Å². The Bertz CT molecular complexity index is 995. The minimum Gasteiger partial charge on any atom is -0.493 e. The Hall–Kier alpha value is -3.46. The highest BCUT2D eigenvalue weighted by Gasteiger charge is 2.30. The summed E-state index contributed by atoms with van der Waals surface area (Å²) in [5, 5.41) is 0. The van der Waals surface area contributed by atoms with E-state index in [1.165, 1.54) is 26.3 Å². The van der Waals surface area contributed by atoms with Crippen LogP contribution in [0.2, 0.25) is 0 Å². The first kappa shape index (κ1) is 28.8. The van der Waals surface area contributed by atoms with Crippen LogP contribution in [-0.4, -0.2) is 55.2 Å². The van der Waals surface area contributed by atoms with E-state index in [1.54, 1.807) is 13.8 Å². The minimum atomic E-state index is -0.730. The van der Waals surface area contributed by atoms with Gasteiger partial charge in [-0.3, -0.25) is 14.4 Å². The normalized spacial score (nSPS) is 13.2. The highest BCUT2D eigenvalue weighted by Crippen LogP contribution is 2.31. The van der Waals surface area contributed by atoms with Crippen molar-refractivity contribution in [1.29, 1.82) is 0 Å². The van der Waals surface area contributed by atoms with Gasteiger partial charge in [0.25, 0.3) is 0 Å². The monoisotopic (exact) mass is 501 g/mol. The lowest BCUT2D eigenvalue weighted by Gasteiger charge is -2.26. The predicted octanol–water partition coefficient (Wildman–Crippen LogP) is 4.42. The van der Waals surface area contributed by atoms with E-state index in [2.05, 4.69) is 4.98 Å². The maximum Gasteiger partial charge on any atom is 0.309 e. The lowest BCUT2D eigenvalue weighted by atomic mass is 9.97. The Kier molecular flexibility index (Phi) is 11.9. The number of nitrogens with zero attached hydrogens (tertiary/aromatic N) is 1. The van der Waals surface area contributed by atoms with Gasteiger partial charge in [0.15, 0.2) is 23.3 Å². The van der Waals surface area contributed by atoms with E-state index in [0.717, 1.165) is 6.42 Å². The molecule has 0 aliphatic carbocycles.